The Bertz CT molecular complexity index is 1620. The topological polar surface area (TPSA) is 92.3 Å². The molecule has 0 fully saturated rings. The number of carbonyl (C=O) groups is 1. The van der Waals surface area contributed by atoms with Crippen molar-refractivity contribution in [3.8, 4) is 28.5 Å². The highest BCUT2D eigenvalue weighted by molar-refractivity contribution is 7.15. The van der Waals surface area contributed by atoms with E-state index in [1.807, 2.05) is 66.9 Å². The van der Waals surface area contributed by atoms with Crippen LogP contribution in [-0.4, -0.2) is 39.4 Å². The fourth-order valence-corrected chi connectivity index (χ4v) is 5.37. The highest BCUT2D eigenvalue weighted by atomic mass is 35.6. The lowest BCUT2D eigenvalue weighted by Crippen LogP contribution is -2.07. The van der Waals surface area contributed by atoms with Crippen molar-refractivity contribution in [2.75, 3.05) is 13.7 Å². The first-order chi connectivity index (χ1) is 18.2. The standard InChI is InChI=1S/C26H21Cl3N4O4S/c1-4-36-25-30-19-14(2)38-21(23(34)35-3)20(19)33(25)13-15-9-11-16(12-10-15)17-7-5-6-8-18(17)22-31-24(37-32-22)26(27,28)29/h5-12H,4,13H2,1-3H3. The lowest BCUT2D eigenvalue weighted by molar-refractivity contribution is 0.0608. The van der Waals surface area contributed by atoms with Crippen molar-refractivity contribution in [1.82, 2.24) is 19.7 Å². The summed E-state index contributed by atoms with van der Waals surface area (Å²) in [5, 5.41) is 3.99. The van der Waals surface area contributed by atoms with Gasteiger partial charge in [0.2, 0.25) is 5.82 Å². The van der Waals surface area contributed by atoms with Crippen molar-refractivity contribution in [2.24, 2.45) is 0 Å². The lowest BCUT2D eigenvalue weighted by Gasteiger charge is -2.11. The van der Waals surface area contributed by atoms with Crippen molar-refractivity contribution in [3.05, 3.63) is 69.7 Å². The number of methoxy groups -OCH3 is 1. The number of aromatic nitrogens is 4. The minimum atomic E-state index is -1.81. The van der Waals surface area contributed by atoms with Crippen LogP contribution in [0.25, 0.3) is 33.5 Å². The number of fused-ring (bicyclic) bond motifs is 1. The predicted octanol–water partition coefficient (Wildman–Crippen LogP) is 7.18. The third kappa shape index (κ3) is 4.99. The first kappa shape index (κ1) is 26.5. The molecule has 0 bridgehead atoms. The number of thiophene rings is 1. The second-order valence-corrected chi connectivity index (χ2v) is 11.8. The monoisotopic (exact) mass is 590 g/mol. The minimum Gasteiger partial charge on any atom is -0.465 e. The molecule has 12 heteroatoms. The van der Waals surface area contributed by atoms with Gasteiger partial charge in [0.1, 0.15) is 10.4 Å². The molecule has 0 atom stereocenters. The Labute approximate surface area is 237 Å². The summed E-state index contributed by atoms with van der Waals surface area (Å²) >= 11 is 19.0. The molecular weight excluding hydrogens is 571 g/mol. The summed E-state index contributed by atoms with van der Waals surface area (Å²) in [6.07, 6.45) is 0. The van der Waals surface area contributed by atoms with Crippen LogP contribution in [0.5, 0.6) is 6.01 Å². The van der Waals surface area contributed by atoms with Crippen LogP contribution < -0.4 is 4.74 Å². The quantitative estimate of drug-likeness (QED) is 0.146. The van der Waals surface area contributed by atoms with E-state index in [4.69, 9.17) is 48.8 Å². The number of esters is 1. The normalized spacial score (nSPS) is 11.7. The van der Waals surface area contributed by atoms with Crippen molar-refractivity contribution >= 4 is 63.1 Å². The van der Waals surface area contributed by atoms with Gasteiger partial charge in [-0.1, -0.05) is 88.5 Å². The van der Waals surface area contributed by atoms with E-state index in [1.54, 1.807) is 0 Å². The average molecular weight is 592 g/mol. The third-order valence-electron chi connectivity index (χ3n) is 5.82. The Morgan fingerprint density at radius 1 is 1.08 bits per heavy atom. The summed E-state index contributed by atoms with van der Waals surface area (Å²) in [5.41, 5.74) is 4.99. The van der Waals surface area contributed by atoms with Crippen LogP contribution in [0.4, 0.5) is 0 Å². The van der Waals surface area contributed by atoms with E-state index in [-0.39, 0.29) is 5.89 Å². The molecule has 5 rings (SSSR count). The van der Waals surface area contributed by atoms with E-state index in [9.17, 15) is 4.79 Å². The second kappa shape index (κ2) is 10.6. The molecule has 196 valence electrons. The number of nitrogens with zero attached hydrogens (tertiary/aromatic N) is 4. The third-order valence-corrected chi connectivity index (χ3v) is 7.37. The molecule has 3 heterocycles. The maximum absolute atomic E-state index is 12.5. The van der Waals surface area contributed by atoms with E-state index < -0.39 is 9.76 Å². The Morgan fingerprint density at radius 2 is 1.79 bits per heavy atom. The highest BCUT2D eigenvalue weighted by Gasteiger charge is 2.31. The van der Waals surface area contributed by atoms with E-state index in [1.165, 1.54) is 18.4 Å². The molecule has 0 radical (unpaired) electrons. The van der Waals surface area contributed by atoms with Crippen LogP contribution in [0.1, 0.15) is 32.9 Å². The first-order valence-electron chi connectivity index (χ1n) is 11.5. The van der Waals surface area contributed by atoms with Crippen molar-refractivity contribution in [3.63, 3.8) is 0 Å². The SMILES string of the molecule is CCOc1nc2c(C)sc(C(=O)OC)c2n1Cc1ccc(-c2ccccc2-c2noc(C(Cl)(Cl)Cl)n2)cc1. The average Bonchev–Trinajstić information content (AvgIpc) is 3.61. The van der Waals surface area contributed by atoms with Crippen LogP contribution in [0.2, 0.25) is 0 Å². The molecule has 38 heavy (non-hydrogen) atoms. The predicted molar refractivity (Wildman–Crippen MR) is 148 cm³/mol. The van der Waals surface area contributed by atoms with E-state index in [0.29, 0.717) is 35.4 Å². The number of benzene rings is 2. The molecule has 0 unspecified atom stereocenters. The van der Waals surface area contributed by atoms with E-state index in [2.05, 4.69) is 15.1 Å². The van der Waals surface area contributed by atoms with Crippen LogP contribution in [0.3, 0.4) is 0 Å². The Balaban J connectivity index is 1.50. The van der Waals surface area contributed by atoms with Gasteiger partial charge in [0, 0.05) is 10.4 Å². The van der Waals surface area contributed by atoms with Crippen LogP contribution in [-0.2, 0) is 15.1 Å². The summed E-state index contributed by atoms with van der Waals surface area (Å²) < 4.78 is 16.1. The van der Waals surface area contributed by atoms with Gasteiger partial charge >= 0.3 is 5.97 Å². The van der Waals surface area contributed by atoms with Gasteiger partial charge in [-0.15, -0.1) is 11.3 Å². The van der Waals surface area contributed by atoms with E-state index in [0.717, 1.165) is 32.6 Å². The van der Waals surface area contributed by atoms with Crippen LogP contribution in [0.15, 0.2) is 53.1 Å². The van der Waals surface area contributed by atoms with Gasteiger partial charge in [-0.2, -0.15) is 9.97 Å². The first-order valence-corrected chi connectivity index (χ1v) is 13.5. The minimum absolute atomic E-state index is 0.102. The summed E-state index contributed by atoms with van der Waals surface area (Å²) in [7, 11) is 1.37. The molecule has 0 aliphatic carbocycles. The van der Waals surface area contributed by atoms with Crippen molar-refractivity contribution in [1.29, 1.82) is 0 Å². The number of carbonyl (C=O) groups excluding carboxylic acids is 1. The molecule has 2 aromatic carbocycles. The van der Waals surface area contributed by atoms with Gasteiger partial charge in [-0.05, 0) is 30.5 Å². The number of rotatable bonds is 7. The fraction of sp³-hybridized carbons (Fsp3) is 0.231. The molecule has 0 saturated heterocycles. The zero-order chi connectivity index (χ0) is 27.0. The van der Waals surface area contributed by atoms with Crippen molar-refractivity contribution < 1.29 is 18.8 Å². The number of imidazole rings is 1. The highest BCUT2D eigenvalue weighted by Crippen LogP contribution is 2.39. The van der Waals surface area contributed by atoms with Gasteiger partial charge in [0.25, 0.3) is 15.7 Å². The van der Waals surface area contributed by atoms with Gasteiger partial charge in [-0.25, -0.2) is 4.79 Å². The fourth-order valence-electron chi connectivity index (χ4n) is 4.12. The number of ether oxygens (including phenoxy) is 2. The molecule has 0 N–H and O–H groups in total. The molecule has 0 spiro atoms. The van der Waals surface area contributed by atoms with Gasteiger partial charge < -0.3 is 14.0 Å². The number of halogens is 3. The molecule has 8 nitrogen and oxygen atoms in total. The zero-order valence-corrected chi connectivity index (χ0v) is 23.6. The second-order valence-electron chi connectivity index (χ2n) is 8.25. The van der Waals surface area contributed by atoms with Gasteiger partial charge in [0.05, 0.1) is 25.8 Å². The Hall–Kier alpha value is -3.11. The maximum atomic E-state index is 12.5. The number of hydrogen-bond acceptors (Lipinski definition) is 8. The molecule has 0 amide bonds. The maximum Gasteiger partial charge on any atom is 0.350 e. The van der Waals surface area contributed by atoms with Gasteiger partial charge in [-0.3, -0.25) is 4.57 Å². The van der Waals surface area contributed by atoms with Gasteiger partial charge in [0.15, 0.2) is 0 Å². The van der Waals surface area contributed by atoms with Crippen LogP contribution in [0, 0.1) is 6.92 Å². The smallest absolute Gasteiger partial charge is 0.350 e. The van der Waals surface area contributed by atoms with Crippen LogP contribution >= 0.6 is 46.1 Å². The summed E-state index contributed by atoms with van der Waals surface area (Å²) in [6, 6.07) is 16.1. The number of hydrogen-bond donors (Lipinski definition) is 0. The summed E-state index contributed by atoms with van der Waals surface area (Å²) in [4.78, 5) is 22.8. The lowest BCUT2D eigenvalue weighted by atomic mass is 9.98. The number of alkyl halides is 3. The zero-order valence-electron chi connectivity index (χ0n) is 20.5. The molecule has 0 saturated carbocycles. The number of aryl methyl sites for hydroxylation is 1. The molecular formula is C26H21Cl3N4O4S. The summed E-state index contributed by atoms with van der Waals surface area (Å²) in [5.74, 6) is -0.186. The van der Waals surface area contributed by atoms with Crippen molar-refractivity contribution in [2.45, 2.75) is 24.2 Å². The largest absolute Gasteiger partial charge is 0.465 e. The Morgan fingerprint density at radius 3 is 2.42 bits per heavy atom. The van der Waals surface area contributed by atoms with E-state index >= 15 is 0 Å². The Kier molecular flexibility index (Phi) is 7.37. The summed E-state index contributed by atoms with van der Waals surface area (Å²) in [6.45, 7) is 4.72. The molecule has 0 aliphatic rings. The molecule has 0 aliphatic heterocycles. The molecule has 5 aromatic rings. The molecule has 3 aromatic heterocycles.